The van der Waals surface area contributed by atoms with Crippen LogP contribution in [0.1, 0.15) is 28.2 Å². The van der Waals surface area contributed by atoms with E-state index in [1.807, 2.05) is 39.8 Å². The van der Waals surface area contributed by atoms with Gasteiger partial charge in [-0.2, -0.15) is 5.26 Å². The van der Waals surface area contributed by atoms with Gasteiger partial charge in [0, 0.05) is 11.4 Å². The minimum Gasteiger partial charge on any atom is -0.333 e. The number of nitrogens with one attached hydrogen (secondary N) is 1. The summed E-state index contributed by atoms with van der Waals surface area (Å²) in [6, 6.07) is 6.34. The van der Waals surface area contributed by atoms with Gasteiger partial charge in [0.25, 0.3) is 5.82 Å². The zero-order valence-electron chi connectivity index (χ0n) is 14.7. The molecule has 0 atom stereocenters. The third kappa shape index (κ3) is 3.16. The molecule has 24 heavy (non-hydrogen) atoms. The van der Waals surface area contributed by atoms with Gasteiger partial charge in [-0.3, -0.25) is 4.90 Å². The van der Waals surface area contributed by atoms with Gasteiger partial charge in [0.15, 0.2) is 0 Å². The molecule has 1 aliphatic heterocycles. The zero-order chi connectivity index (χ0) is 17.3. The van der Waals surface area contributed by atoms with Crippen molar-refractivity contribution in [3.8, 4) is 6.07 Å². The van der Waals surface area contributed by atoms with E-state index in [1.165, 1.54) is 0 Å². The number of nitrogens with zero attached hydrogens (tertiary/aromatic N) is 5. The Kier molecular flexibility index (Phi) is 4.34. The van der Waals surface area contributed by atoms with Gasteiger partial charge in [-0.1, -0.05) is 0 Å². The van der Waals surface area contributed by atoms with Gasteiger partial charge >= 0.3 is 0 Å². The third-order valence-corrected chi connectivity index (χ3v) is 4.34. The van der Waals surface area contributed by atoms with Crippen LogP contribution in [0.3, 0.4) is 0 Å². The van der Waals surface area contributed by atoms with E-state index in [4.69, 9.17) is 0 Å². The second kappa shape index (κ2) is 6.44. The van der Waals surface area contributed by atoms with Gasteiger partial charge < -0.3 is 4.90 Å². The number of pyridine rings is 1. The average molecular weight is 323 g/mol. The minimum atomic E-state index is 0.733. The molecule has 1 N–H and O–H groups in total. The largest absolute Gasteiger partial charge is 0.333 e. The van der Waals surface area contributed by atoms with Gasteiger partial charge in [-0.05, 0) is 45.4 Å². The van der Waals surface area contributed by atoms with Gasteiger partial charge in [0.1, 0.15) is 24.7 Å². The molecule has 0 saturated carbocycles. The molecule has 2 aromatic rings. The Balaban J connectivity index is 1.80. The van der Waals surface area contributed by atoms with Crippen LogP contribution in [-0.4, -0.2) is 36.1 Å². The maximum atomic E-state index is 9.48. The average Bonchev–Trinajstić information content (AvgIpc) is 2.53. The van der Waals surface area contributed by atoms with Crippen molar-refractivity contribution < 1.29 is 4.98 Å². The van der Waals surface area contributed by atoms with Crippen LogP contribution in [0.15, 0.2) is 12.1 Å². The summed E-state index contributed by atoms with van der Waals surface area (Å²) in [5.74, 6) is 1.73. The molecule has 1 aliphatic rings. The summed E-state index contributed by atoms with van der Waals surface area (Å²) >= 11 is 0. The van der Waals surface area contributed by atoms with Gasteiger partial charge in [-0.25, -0.2) is 15.0 Å². The number of hydrogen-bond acceptors (Lipinski definition) is 5. The molecule has 6 heteroatoms. The maximum absolute atomic E-state index is 9.48. The summed E-state index contributed by atoms with van der Waals surface area (Å²) in [5, 5.41) is 9.48. The highest BCUT2D eigenvalue weighted by Crippen LogP contribution is 2.21. The van der Waals surface area contributed by atoms with Crippen molar-refractivity contribution >= 4 is 11.8 Å². The van der Waals surface area contributed by atoms with Crippen molar-refractivity contribution in [3.05, 3.63) is 40.3 Å². The van der Waals surface area contributed by atoms with Crippen molar-refractivity contribution in [1.82, 2.24) is 9.97 Å². The number of piperazine rings is 1. The Morgan fingerprint density at radius 3 is 2.12 bits per heavy atom. The second-order valence-corrected chi connectivity index (χ2v) is 6.40. The Morgan fingerprint density at radius 1 is 0.958 bits per heavy atom. The molecule has 124 valence electrons. The number of aromatic nitrogens is 3. The molecule has 0 spiro atoms. The number of rotatable bonds is 2. The monoisotopic (exact) mass is 323 g/mol. The molecule has 6 nitrogen and oxygen atoms in total. The van der Waals surface area contributed by atoms with E-state index >= 15 is 0 Å². The Morgan fingerprint density at radius 2 is 1.54 bits per heavy atom. The topological polar surface area (TPSA) is 70.2 Å². The first kappa shape index (κ1) is 16.2. The summed E-state index contributed by atoms with van der Waals surface area (Å²) in [7, 11) is 0. The Hall–Kier alpha value is -2.68. The maximum Gasteiger partial charge on any atom is 0.293 e. The van der Waals surface area contributed by atoms with Crippen LogP contribution in [0.25, 0.3) is 0 Å². The first-order valence-electron chi connectivity index (χ1n) is 8.23. The van der Waals surface area contributed by atoms with E-state index in [0.29, 0.717) is 0 Å². The summed E-state index contributed by atoms with van der Waals surface area (Å²) in [4.78, 5) is 16.9. The number of hydrogen-bond donors (Lipinski definition) is 0. The molecule has 0 amide bonds. The van der Waals surface area contributed by atoms with Crippen LogP contribution in [0, 0.1) is 39.0 Å². The number of nitriles is 1. The third-order valence-electron chi connectivity index (χ3n) is 4.34. The first-order valence-corrected chi connectivity index (χ1v) is 8.23. The molecule has 3 heterocycles. The fraction of sp³-hybridized carbons (Fsp3) is 0.444. The standard InChI is InChI=1S/C18H22N6/c1-12-9-13(2)20-17(16(12)11-19)23-5-7-24(8-6-23)18-21-14(3)10-15(4)22-18/h9-10H,5-8H2,1-4H3/p+1. The molecule has 1 saturated heterocycles. The lowest BCUT2D eigenvalue weighted by Crippen LogP contribution is -2.49. The van der Waals surface area contributed by atoms with Crippen LogP contribution in [-0.2, 0) is 0 Å². The van der Waals surface area contributed by atoms with Crippen LogP contribution >= 0.6 is 0 Å². The second-order valence-electron chi connectivity index (χ2n) is 6.40. The Bertz CT molecular complexity index is 780. The molecule has 0 unspecified atom stereocenters. The van der Waals surface area contributed by atoms with Gasteiger partial charge in [0.2, 0.25) is 5.95 Å². The lowest BCUT2D eigenvalue weighted by molar-refractivity contribution is -0.374. The van der Waals surface area contributed by atoms with Crippen molar-refractivity contribution in [1.29, 1.82) is 5.26 Å². The molecule has 0 bridgehead atoms. The van der Waals surface area contributed by atoms with E-state index in [-0.39, 0.29) is 0 Å². The van der Waals surface area contributed by atoms with Crippen LogP contribution in [0.5, 0.6) is 0 Å². The molecule has 2 aromatic heterocycles. The lowest BCUT2D eigenvalue weighted by Gasteiger charge is -2.31. The van der Waals surface area contributed by atoms with Gasteiger partial charge in [0.05, 0.1) is 18.8 Å². The first-order chi connectivity index (χ1) is 11.5. The van der Waals surface area contributed by atoms with E-state index in [9.17, 15) is 5.26 Å². The normalized spacial score (nSPS) is 14.6. The van der Waals surface area contributed by atoms with E-state index < -0.39 is 0 Å². The number of aryl methyl sites for hydroxylation is 4. The lowest BCUT2D eigenvalue weighted by atomic mass is 10.1. The van der Waals surface area contributed by atoms with Crippen molar-refractivity contribution in [2.24, 2.45) is 0 Å². The molecule has 0 radical (unpaired) electrons. The smallest absolute Gasteiger partial charge is 0.293 e. The Labute approximate surface area is 142 Å². The fourth-order valence-corrected chi connectivity index (χ4v) is 3.23. The SMILES string of the molecule is Cc1cc(C)nc(N2CCN(c3[nH+]c(C)cc(C)c3C#N)CC2)n1. The fourth-order valence-electron chi connectivity index (χ4n) is 3.23. The van der Waals surface area contributed by atoms with Crippen LogP contribution < -0.4 is 14.8 Å². The molecule has 3 rings (SSSR count). The zero-order valence-corrected chi connectivity index (χ0v) is 14.7. The van der Waals surface area contributed by atoms with E-state index in [2.05, 4.69) is 30.8 Å². The minimum absolute atomic E-state index is 0.733. The molecule has 1 fully saturated rings. The summed E-state index contributed by atoms with van der Waals surface area (Å²) in [5.41, 5.74) is 4.81. The van der Waals surface area contributed by atoms with E-state index in [0.717, 1.165) is 66.2 Å². The summed E-state index contributed by atoms with van der Waals surface area (Å²) < 4.78 is 0. The van der Waals surface area contributed by atoms with Crippen molar-refractivity contribution in [3.63, 3.8) is 0 Å². The summed E-state index contributed by atoms with van der Waals surface area (Å²) in [6.07, 6.45) is 0. The predicted octanol–water partition coefficient (Wildman–Crippen LogP) is 1.72. The number of anilines is 2. The number of aromatic amines is 1. The molecule has 0 aliphatic carbocycles. The highest BCUT2D eigenvalue weighted by Gasteiger charge is 2.28. The van der Waals surface area contributed by atoms with Gasteiger partial charge in [-0.15, -0.1) is 0 Å². The highest BCUT2D eigenvalue weighted by atomic mass is 15.3. The van der Waals surface area contributed by atoms with Crippen molar-refractivity contribution in [2.45, 2.75) is 27.7 Å². The molecular formula is C18H23N6+. The molecule has 0 aromatic carbocycles. The quantitative estimate of drug-likeness (QED) is 0.841. The highest BCUT2D eigenvalue weighted by molar-refractivity contribution is 5.55. The van der Waals surface area contributed by atoms with Crippen LogP contribution in [0.4, 0.5) is 11.8 Å². The van der Waals surface area contributed by atoms with Crippen LogP contribution in [0.2, 0.25) is 0 Å². The molecular weight excluding hydrogens is 300 g/mol. The number of H-pyrrole nitrogens is 1. The summed E-state index contributed by atoms with van der Waals surface area (Å²) in [6.45, 7) is 11.4. The van der Waals surface area contributed by atoms with Crippen molar-refractivity contribution in [2.75, 3.05) is 36.0 Å². The van der Waals surface area contributed by atoms with E-state index in [1.54, 1.807) is 0 Å². The predicted molar refractivity (Wildman–Crippen MR) is 93.1 cm³/mol.